The van der Waals surface area contributed by atoms with Crippen molar-refractivity contribution in [3.8, 4) is 0 Å². The molecule has 1 N–H and O–H groups in total. The Morgan fingerprint density at radius 3 is 2.80 bits per heavy atom. The molecule has 110 valence electrons. The van der Waals surface area contributed by atoms with E-state index in [0.717, 1.165) is 6.54 Å². The average Bonchev–Trinajstić information content (AvgIpc) is 2.68. The van der Waals surface area contributed by atoms with E-state index in [-0.39, 0.29) is 17.4 Å². The zero-order valence-electron chi connectivity index (χ0n) is 12.1. The van der Waals surface area contributed by atoms with Crippen LogP contribution in [0.15, 0.2) is 18.2 Å². The lowest BCUT2D eigenvalue weighted by atomic mass is 10.1. The van der Waals surface area contributed by atoms with Crippen LogP contribution in [0.25, 0.3) is 0 Å². The molecule has 0 aliphatic carbocycles. The quantitative estimate of drug-likeness (QED) is 0.850. The predicted molar refractivity (Wildman–Crippen MR) is 76.7 cm³/mol. The van der Waals surface area contributed by atoms with Crippen LogP contribution >= 0.6 is 0 Å². The molecule has 5 heteroatoms. The van der Waals surface area contributed by atoms with E-state index >= 15 is 0 Å². The topological polar surface area (TPSA) is 43.8 Å². The molecule has 0 radical (unpaired) electrons. The number of benzene rings is 1. The van der Waals surface area contributed by atoms with Crippen LogP contribution in [0, 0.1) is 5.82 Å². The highest BCUT2D eigenvalue weighted by Gasteiger charge is 2.33. The summed E-state index contributed by atoms with van der Waals surface area (Å²) in [5, 5.41) is 9.90. The summed E-state index contributed by atoms with van der Waals surface area (Å²) in [5.74, 6) is -0.789. The standard InChI is InChI=1S/C15H21FN2O2/c1-10(19)15-13(16)5-4-6-14(15)18-9-12(20)7-11(18)8-17(2)3/h4-6,11-12,20H,7-9H2,1-3H3. The molecule has 0 aromatic heterocycles. The van der Waals surface area contributed by atoms with E-state index in [1.807, 2.05) is 23.9 Å². The van der Waals surface area contributed by atoms with Gasteiger partial charge in [0, 0.05) is 19.1 Å². The molecule has 4 nitrogen and oxygen atoms in total. The third-order valence-corrected chi connectivity index (χ3v) is 3.62. The van der Waals surface area contributed by atoms with Crippen molar-refractivity contribution in [3.63, 3.8) is 0 Å². The third kappa shape index (κ3) is 2.99. The summed E-state index contributed by atoms with van der Waals surface area (Å²) in [6.07, 6.45) is 0.189. The molecular formula is C15H21FN2O2. The number of carbonyl (C=O) groups is 1. The number of β-amino-alcohol motifs (C(OH)–C–C–N with tert-alkyl or cyclic N) is 1. The predicted octanol–water partition coefficient (Wildman–Crippen LogP) is 1.53. The molecule has 1 aromatic carbocycles. The largest absolute Gasteiger partial charge is 0.391 e. The minimum absolute atomic E-state index is 0.0832. The summed E-state index contributed by atoms with van der Waals surface area (Å²) in [6, 6.07) is 4.74. The first-order valence-corrected chi connectivity index (χ1v) is 6.79. The molecular weight excluding hydrogens is 259 g/mol. The van der Waals surface area contributed by atoms with Gasteiger partial charge in [0.2, 0.25) is 0 Å². The highest BCUT2D eigenvalue weighted by atomic mass is 19.1. The Kier molecular flexibility index (Phi) is 4.40. The lowest BCUT2D eigenvalue weighted by Gasteiger charge is -2.30. The number of carbonyl (C=O) groups excluding carboxylic acids is 1. The van der Waals surface area contributed by atoms with E-state index in [4.69, 9.17) is 0 Å². The Hall–Kier alpha value is -1.46. The Morgan fingerprint density at radius 2 is 2.20 bits per heavy atom. The number of anilines is 1. The summed E-state index contributed by atoms with van der Waals surface area (Å²) in [4.78, 5) is 15.7. The summed E-state index contributed by atoms with van der Waals surface area (Å²) < 4.78 is 13.9. The van der Waals surface area contributed by atoms with Gasteiger partial charge in [-0.3, -0.25) is 4.79 Å². The van der Waals surface area contributed by atoms with Crippen molar-refractivity contribution in [2.24, 2.45) is 0 Å². The van der Waals surface area contributed by atoms with Gasteiger partial charge in [0.05, 0.1) is 17.4 Å². The maximum absolute atomic E-state index is 13.9. The van der Waals surface area contributed by atoms with Gasteiger partial charge < -0.3 is 14.9 Å². The van der Waals surface area contributed by atoms with Crippen molar-refractivity contribution in [2.75, 3.05) is 32.1 Å². The average molecular weight is 280 g/mol. The molecule has 2 unspecified atom stereocenters. The van der Waals surface area contributed by atoms with Crippen molar-refractivity contribution < 1.29 is 14.3 Å². The molecule has 0 spiro atoms. The number of hydrogen-bond acceptors (Lipinski definition) is 4. The summed E-state index contributed by atoms with van der Waals surface area (Å²) in [5.41, 5.74) is 0.700. The number of likely N-dealkylation sites (N-methyl/N-ethyl adjacent to an activating group) is 1. The first kappa shape index (κ1) is 14.9. The maximum atomic E-state index is 13.9. The number of halogens is 1. The maximum Gasteiger partial charge on any atom is 0.164 e. The fourth-order valence-electron chi connectivity index (χ4n) is 2.88. The van der Waals surface area contributed by atoms with Crippen LogP contribution in [0.5, 0.6) is 0 Å². The zero-order chi connectivity index (χ0) is 14.9. The first-order chi connectivity index (χ1) is 9.40. The van der Waals surface area contributed by atoms with E-state index in [1.54, 1.807) is 12.1 Å². The van der Waals surface area contributed by atoms with Crippen molar-refractivity contribution in [1.82, 2.24) is 4.90 Å². The third-order valence-electron chi connectivity index (χ3n) is 3.62. The Bertz CT molecular complexity index is 505. The monoisotopic (exact) mass is 280 g/mol. The highest BCUT2D eigenvalue weighted by Crippen LogP contribution is 2.31. The number of aliphatic hydroxyl groups excluding tert-OH is 1. The van der Waals surface area contributed by atoms with E-state index in [0.29, 0.717) is 18.7 Å². The summed E-state index contributed by atoms with van der Waals surface area (Å²) >= 11 is 0. The SMILES string of the molecule is CC(=O)c1c(F)cccc1N1CC(O)CC1CN(C)C. The van der Waals surface area contributed by atoms with Crippen molar-refractivity contribution >= 4 is 11.5 Å². The number of Topliss-reactive ketones (excluding diaryl/α,β-unsaturated/α-hetero) is 1. The van der Waals surface area contributed by atoms with Gasteiger partial charge in [-0.15, -0.1) is 0 Å². The second-order valence-electron chi connectivity index (χ2n) is 5.65. The smallest absolute Gasteiger partial charge is 0.164 e. The Morgan fingerprint density at radius 1 is 1.50 bits per heavy atom. The molecule has 0 saturated carbocycles. The number of aliphatic hydroxyl groups is 1. The van der Waals surface area contributed by atoms with Gasteiger partial charge in [0.1, 0.15) is 5.82 Å². The lowest BCUT2D eigenvalue weighted by Crippen LogP contribution is -2.38. The van der Waals surface area contributed by atoms with Crippen LogP contribution < -0.4 is 4.90 Å². The van der Waals surface area contributed by atoms with Gasteiger partial charge >= 0.3 is 0 Å². The van der Waals surface area contributed by atoms with E-state index in [2.05, 4.69) is 0 Å². The zero-order valence-corrected chi connectivity index (χ0v) is 12.1. The number of rotatable bonds is 4. The van der Waals surface area contributed by atoms with Gasteiger partial charge in [0.25, 0.3) is 0 Å². The van der Waals surface area contributed by atoms with Crippen LogP contribution in [0.4, 0.5) is 10.1 Å². The van der Waals surface area contributed by atoms with Gasteiger partial charge in [-0.25, -0.2) is 4.39 Å². The molecule has 2 atom stereocenters. The van der Waals surface area contributed by atoms with Crippen molar-refractivity contribution in [1.29, 1.82) is 0 Å². The minimum atomic E-state index is -0.500. The molecule has 1 aromatic rings. The molecule has 1 aliphatic rings. The Balaban J connectivity index is 2.39. The molecule has 1 fully saturated rings. The molecule has 1 saturated heterocycles. The molecule has 1 aliphatic heterocycles. The molecule has 1 heterocycles. The second kappa shape index (κ2) is 5.89. The fourth-order valence-corrected chi connectivity index (χ4v) is 2.88. The van der Waals surface area contributed by atoms with E-state index in [1.165, 1.54) is 13.0 Å². The summed E-state index contributed by atoms with van der Waals surface area (Å²) in [6.45, 7) is 2.56. The van der Waals surface area contributed by atoms with Crippen LogP contribution in [0.2, 0.25) is 0 Å². The summed E-state index contributed by atoms with van der Waals surface area (Å²) in [7, 11) is 3.92. The molecule has 0 bridgehead atoms. The minimum Gasteiger partial charge on any atom is -0.391 e. The fraction of sp³-hybridized carbons (Fsp3) is 0.533. The van der Waals surface area contributed by atoms with Crippen LogP contribution in [-0.2, 0) is 0 Å². The van der Waals surface area contributed by atoms with Gasteiger partial charge in [-0.05, 0) is 39.6 Å². The van der Waals surface area contributed by atoms with Gasteiger partial charge in [-0.2, -0.15) is 0 Å². The molecule has 20 heavy (non-hydrogen) atoms. The van der Waals surface area contributed by atoms with Crippen LogP contribution in [0.3, 0.4) is 0 Å². The highest BCUT2D eigenvalue weighted by molar-refractivity contribution is 6.00. The van der Waals surface area contributed by atoms with Crippen LogP contribution in [0.1, 0.15) is 23.7 Å². The number of hydrogen-bond donors (Lipinski definition) is 1. The molecule has 0 amide bonds. The van der Waals surface area contributed by atoms with Crippen LogP contribution in [-0.4, -0.2) is 55.1 Å². The molecule has 2 rings (SSSR count). The van der Waals surface area contributed by atoms with Crippen molar-refractivity contribution in [2.45, 2.75) is 25.5 Å². The Labute approximate surface area is 118 Å². The number of ketones is 1. The lowest BCUT2D eigenvalue weighted by molar-refractivity contribution is 0.101. The van der Waals surface area contributed by atoms with Gasteiger partial charge in [-0.1, -0.05) is 6.07 Å². The first-order valence-electron chi connectivity index (χ1n) is 6.79. The van der Waals surface area contributed by atoms with E-state index < -0.39 is 11.9 Å². The second-order valence-corrected chi connectivity index (χ2v) is 5.65. The normalized spacial score (nSPS) is 22.6. The van der Waals surface area contributed by atoms with Crippen molar-refractivity contribution in [3.05, 3.63) is 29.6 Å². The van der Waals surface area contributed by atoms with Gasteiger partial charge in [0.15, 0.2) is 5.78 Å². The number of nitrogens with zero attached hydrogens (tertiary/aromatic N) is 2. The van der Waals surface area contributed by atoms with E-state index in [9.17, 15) is 14.3 Å².